The number of carbonyl (C=O) groups is 1. The number of allylic oxidation sites excluding steroid dienone is 2. The number of amides is 1. The molecule has 0 bridgehead atoms. The molecule has 1 unspecified atom stereocenters. The van der Waals surface area contributed by atoms with Gasteiger partial charge < -0.3 is 0 Å². The maximum Gasteiger partial charge on any atom is 0.439 e. The van der Waals surface area contributed by atoms with Gasteiger partial charge in [0.2, 0.25) is 6.34 Å². The molecule has 1 aliphatic heterocycles. The van der Waals surface area contributed by atoms with Crippen LogP contribution in [0.25, 0.3) is 0 Å². The summed E-state index contributed by atoms with van der Waals surface area (Å²) in [6, 6.07) is 20.3. The highest BCUT2D eigenvalue weighted by molar-refractivity contribution is 5.81. The minimum atomic E-state index is -0.0677. The molecule has 2 aromatic carbocycles. The van der Waals surface area contributed by atoms with Crippen LogP contribution in [0.2, 0.25) is 0 Å². The van der Waals surface area contributed by atoms with Gasteiger partial charge in [-0.25, -0.2) is 19.3 Å². The molecular weight excluding hydrogens is 360 g/mol. The van der Waals surface area contributed by atoms with Crippen LogP contribution in [0.5, 0.6) is 0 Å². The van der Waals surface area contributed by atoms with Crippen molar-refractivity contribution in [3.05, 3.63) is 102 Å². The first kappa shape index (κ1) is 19.0. The fourth-order valence-electron chi connectivity index (χ4n) is 4.04. The zero-order valence-electron chi connectivity index (χ0n) is 16.8. The summed E-state index contributed by atoms with van der Waals surface area (Å²) in [7, 11) is 0. The molecule has 0 N–H and O–H groups in total. The second-order valence-electron chi connectivity index (χ2n) is 7.66. The van der Waals surface area contributed by atoms with Gasteiger partial charge in [-0.1, -0.05) is 74.5 Å². The molecule has 3 aromatic rings. The monoisotopic (exact) mass is 385 g/mol. The molecule has 5 heteroatoms. The summed E-state index contributed by atoms with van der Waals surface area (Å²) < 4.78 is 1.61. The van der Waals surface area contributed by atoms with Crippen molar-refractivity contribution in [3.63, 3.8) is 0 Å². The molecule has 0 aliphatic carbocycles. The Hall–Kier alpha value is -3.31. The highest BCUT2D eigenvalue weighted by Gasteiger charge is 2.48. The third-order valence-electron chi connectivity index (χ3n) is 5.24. The topological polar surface area (TPSA) is 47.2 Å². The van der Waals surface area contributed by atoms with Gasteiger partial charge in [-0.15, -0.1) is 0 Å². The zero-order valence-corrected chi connectivity index (χ0v) is 16.8. The Morgan fingerprint density at radius 1 is 1.00 bits per heavy atom. The summed E-state index contributed by atoms with van der Waals surface area (Å²) in [5.41, 5.74) is 4.28. The van der Waals surface area contributed by atoms with Crippen LogP contribution in [0.4, 0.5) is 4.79 Å². The average molecular weight is 385 g/mol. The lowest BCUT2D eigenvalue weighted by molar-refractivity contribution is -0.726. The lowest BCUT2D eigenvalue weighted by atomic mass is 10.0. The number of rotatable bonds is 5. The van der Waals surface area contributed by atoms with Gasteiger partial charge in [-0.2, -0.15) is 4.48 Å². The predicted octanol–water partition coefficient (Wildman–Crippen LogP) is 5.02. The molecule has 1 atom stereocenters. The Bertz CT molecular complexity index is 1040. The van der Waals surface area contributed by atoms with Crippen LogP contribution in [0.1, 0.15) is 25.0 Å². The van der Waals surface area contributed by atoms with Gasteiger partial charge in [0, 0.05) is 30.3 Å². The van der Waals surface area contributed by atoms with Crippen molar-refractivity contribution in [1.82, 2.24) is 9.55 Å². The number of aromatic nitrogens is 2. The first-order chi connectivity index (χ1) is 14.1. The minimum Gasteiger partial charge on any atom is -0.245 e. The number of hydrogen-bond donors (Lipinski definition) is 0. The van der Waals surface area contributed by atoms with Crippen LogP contribution in [0, 0.1) is 5.92 Å². The summed E-state index contributed by atoms with van der Waals surface area (Å²) >= 11 is 0. The van der Waals surface area contributed by atoms with Gasteiger partial charge in [0.05, 0.1) is 0 Å². The standard InChI is InChI=1S/C24H25N4O/c1-19(2)23-22(15-20-9-5-3-6-10-20)26-18-28(23,16-21-11-7-4-8-12-21)24(29)27-14-13-25-17-27/h3-14,17-19H,15-16H2,1-2H3/q+1. The van der Waals surface area contributed by atoms with E-state index in [0.29, 0.717) is 13.0 Å². The third-order valence-corrected chi connectivity index (χ3v) is 5.24. The molecule has 0 radical (unpaired) electrons. The molecule has 0 saturated heterocycles. The number of quaternary nitrogens is 1. The maximum absolute atomic E-state index is 13.7. The van der Waals surface area contributed by atoms with Crippen LogP contribution >= 0.6 is 0 Å². The molecule has 5 nitrogen and oxygen atoms in total. The first-order valence-electron chi connectivity index (χ1n) is 9.87. The van der Waals surface area contributed by atoms with Gasteiger partial charge in [-0.3, -0.25) is 0 Å². The van der Waals surface area contributed by atoms with E-state index in [1.54, 1.807) is 23.3 Å². The van der Waals surface area contributed by atoms with Gasteiger partial charge >= 0.3 is 6.03 Å². The number of carbonyl (C=O) groups excluding carboxylic acids is 1. The van der Waals surface area contributed by atoms with Crippen molar-refractivity contribution >= 4 is 12.4 Å². The van der Waals surface area contributed by atoms with Crippen LogP contribution in [-0.4, -0.2) is 26.4 Å². The first-order valence-corrected chi connectivity index (χ1v) is 9.87. The third kappa shape index (κ3) is 3.69. The summed E-state index contributed by atoms with van der Waals surface area (Å²) in [6.45, 7) is 4.79. The van der Waals surface area contributed by atoms with E-state index in [0.717, 1.165) is 17.0 Å². The van der Waals surface area contributed by atoms with E-state index in [1.165, 1.54) is 5.56 Å². The Balaban J connectivity index is 1.82. The molecule has 4 rings (SSSR count). The average Bonchev–Trinajstić information content (AvgIpc) is 3.38. The predicted molar refractivity (Wildman–Crippen MR) is 114 cm³/mol. The molecule has 146 valence electrons. The van der Waals surface area contributed by atoms with Crippen molar-refractivity contribution < 1.29 is 9.28 Å². The second kappa shape index (κ2) is 7.97. The van der Waals surface area contributed by atoms with Crippen molar-refractivity contribution in [2.75, 3.05) is 0 Å². The molecule has 0 saturated carbocycles. The van der Waals surface area contributed by atoms with Gasteiger partial charge in [0.15, 0.2) is 0 Å². The largest absolute Gasteiger partial charge is 0.439 e. The molecular formula is C24H25N4O+. The van der Waals surface area contributed by atoms with Crippen molar-refractivity contribution in [2.24, 2.45) is 10.9 Å². The lowest BCUT2D eigenvalue weighted by Gasteiger charge is -2.31. The number of benzene rings is 2. The zero-order chi connectivity index (χ0) is 20.3. The summed E-state index contributed by atoms with van der Waals surface area (Å²) in [4.78, 5) is 22.6. The van der Waals surface area contributed by atoms with E-state index in [1.807, 2.05) is 42.7 Å². The van der Waals surface area contributed by atoms with Crippen molar-refractivity contribution in [3.8, 4) is 0 Å². The van der Waals surface area contributed by atoms with E-state index >= 15 is 0 Å². The summed E-state index contributed by atoms with van der Waals surface area (Å²) in [6.07, 6.45) is 7.41. The lowest BCUT2D eigenvalue weighted by Crippen LogP contribution is -2.51. The Morgan fingerprint density at radius 3 is 2.24 bits per heavy atom. The van der Waals surface area contributed by atoms with Crippen molar-refractivity contribution in [1.29, 1.82) is 0 Å². The molecule has 0 fully saturated rings. The van der Waals surface area contributed by atoms with Crippen LogP contribution in [0.15, 0.2) is 95.8 Å². The van der Waals surface area contributed by atoms with Crippen LogP contribution in [0.3, 0.4) is 0 Å². The molecule has 1 amide bonds. The van der Waals surface area contributed by atoms with E-state index in [2.05, 4.69) is 43.1 Å². The quantitative estimate of drug-likeness (QED) is 0.579. The Labute approximate surface area is 171 Å². The van der Waals surface area contributed by atoms with Crippen LogP contribution in [-0.2, 0) is 13.0 Å². The van der Waals surface area contributed by atoms with E-state index in [9.17, 15) is 4.79 Å². The number of aliphatic imine (C=N–C) groups is 1. The summed E-state index contributed by atoms with van der Waals surface area (Å²) in [5, 5.41) is 0. The molecule has 0 spiro atoms. The SMILES string of the molecule is CC(C)C1=C(Cc2ccccc2)N=C[N+]1(Cc1ccccc1)C(=O)n1ccnc1. The van der Waals surface area contributed by atoms with Crippen LogP contribution < -0.4 is 0 Å². The van der Waals surface area contributed by atoms with Gasteiger partial charge in [0.1, 0.15) is 24.3 Å². The Morgan fingerprint density at radius 2 is 1.66 bits per heavy atom. The molecule has 29 heavy (non-hydrogen) atoms. The highest BCUT2D eigenvalue weighted by atomic mass is 16.2. The van der Waals surface area contributed by atoms with Gasteiger partial charge in [0.25, 0.3) is 0 Å². The fourth-order valence-corrected chi connectivity index (χ4v) is 4.04. The molecule has 1 aliphatic rings. The van der Waals surface area contributed by atoms with Gasteiger partial charge in [-0.05, 0) is 5.56 Å². The normalized spacial score (nSPS) is 18.6. The second-order valence-corrected chi connectivity index (χ2v) is 7.66. The Kier molecular flexibility index (Phi) is 5.23. The fraction of sp³-hybridized carbons (Fsp3) is 0.208. The minimum absolute atomic E-state index is 0.0558. The number of imidazole rings is 1. The van der Waals surface area contributed by atoms with E-state index in [4.69, 9.17) is 4.99 Å². The van der Waals surface area contributed by atoms with Crippen molar-refractivity contribution in [2.45, 2.75) is 26.8 Å². The summed E-state index contributed by atoms with van der Waals surface area (Å²) in [5.74, 6) is 0.160. The highest BCUT2D eigenvalue weighted by Crippen LogP contribution is 2.36. The smallest absolute Gasteiger partial charge is 0.245 e. The van der Waals surface area contributed by atoms with E-state index < -0.39 is 0 Å². The maximum atomic E-state index is 13.7. The number of hydrogen-bond acceptors (Lipinski definition) is 3. The number of nitrogens with zero attached hydrogens (tertiary/aromatic N) is 4. The van der Waals surface area contributed by atoms with E-state index in [-0.39, 0.29) is 16.4 Å². The molecule has 1 aromatic heterocycles. The molecule has 2 heterocycles.